The molecule has 19 heavy (non-hydrogen) atoms. The van der Waals surface area contributed by atoms with E-state index in [2.05, 4.69) is 15.4 Å². The van der Waals surface area contributed by atoms with Gasteiger partial charge >= 0.3 is 5.97 Å². The zero-order valence-corrected chi connectivity index (χ0v) is 12.3. The fourth-order valence-electron chi connectivity index (χ4n) is 1.46. The van der Waals surface area contributed by atoms with Gasteiger partial charge in [-0.05, 0) is 5.92 Å². The number of hydrogen-bond acceptors (Lipinski definition) is 6. The summed E-state index contributed by atoms with van der Waals surface area (Å²) in [7, 11) is 2.80. The van der Waals surface area contributed by atoms with Crippen molar-refractivity contribution in [2.75, 3.05) is 31.8 Å². The fraction of sp³-hybridized carbons (Fsp3) is 0.500. The van der Waals surface area contributed by atoms with E-state index in [4.69, 9.17) is 5.73 Å². The molecule has 0 saturated carbocycles. The van der Waals surface area contributed by atoms with Gasteiger partial charge in [0, 0.05) is 13.6 Å². The Balaban J connectivity index is 3.19. The monoisotopic (exact) mass is 285 g/mol. The van der Waals surface area contributed by atoms with E-state index >= 15 is 0 Å². The highest BCUT2D eigenvalue weighted by atomic mass is 32.1. The molecule has 1 amide bonds. The van der Waals surface area contributed by atoms with Crippen molar-refractivity contribution >= 4 is 33.9 Å². The van der Waals surface area contributed by atoms with Crippen molar-refractivity contribution in [1.82, 2.24) is 5.32 Å². The number of carbonyl (C=O) groups is 2. The molecule has 0 aromatic carbocycles. The van der Waals surface area contributed by atoms with Crippen molar-refractivity contribution < 1.29 is 14.3 Å². The first-order valence-electron chi connectivity index (χ1n) is 5.88. The molecule has 1 aromatic heterocycles. The van der Waals surface area contributed by atoms with Gasteiger partial charge in [-0.1, -0.05) is 13.8 Å². The number of carbonyl (C=O) groups excluding carboxylic acids is 2. The van der Waals surface area contributed by atoms with Gasteiger partial charge in [0.2, 0.25) is 0 Å². The van der Waals surface area contributed by atoms with Gasteiger partial charge in [-0.15, -0.1) is 11.3 Å². The highest BCUT2D eigenvalue weighted by molar-refractivity contribution is 7.19. The van der Waals surface area contributed by atoms with Crippen LogP contribution in [0.3, 0.4) is 0 Å². The molecule has 106 valence electrons. The average molecular weight is 285 g/mol. The molecule has 1 aromatic rings. The molecule has 0 aliphatic carbocycles. The molecule has 0 aliphatic heterocycles. The van der Waals surface area contributed by atoms with Gasteiger partial charge in [0.05, 0.1) is 18.4 Å². The Morgan fingerprint density at radius 2 is 2.05 bits per heavy atom. The summed E-state index contributed by atoms with van der Waals surface area (Å²) in [5.41, 5.74) is 6.33. The second-order valence-electron chi connectivity index (χ2n) is 4.39. The van der Waals surface area contributed by atoms with Crippen LogP contribution >= 0.6 is 11.3 Å². The fourth-order valence-corrected chi connectivity index (χ4v) is 2.50. The number of rotatable bonds is 5. The first-order chi connectivity index (χ1) is 8.92. The maximum atomic E-state index is 11.8. The molecule has 0 atom stereocenters. The van der Waals surface area contributed by atoms with Gasteiger partial charge in [-0.25, -0.2) is 4.79 Å². The van der Waals surface area contributed by atoms with Crippen LogP contribution in [0.15, 0.2) is 0 Å². The number of hydrogen-bond donors (Lipinski definition) is 3. The Kier molecular flexibility index (Phi) is 5.17. The molecule has 0 spiro atoms. The van der Waals surface area contributed by atoms with Crippen molar-refractivity contribution in [3.8, 4) is 0 Å². The second kappa shape index (κ2) is 6.42. The lowest BCUT2D eigenvalue weighted by Crippen LogP contribution is -2.21. The van der Waals surface area contributed by atoms with Crippen LogP contribution in [0.5, 0.6) is 0 Å². The van der Waals surface area contributed by atoms with E-state index in [0.29, 0.717) is 23.0 Å². The van der Waals surface area contributed by atoms with Crippen LogP contribution in [-0.4, -0.2) is 32.6 Å². The summed E-state index contributed by atoms with van der Waals surface area (Å²) >= 11 is 1.13. The van der Waals surface area contributed by atoms with E-state index in [9.17, 15) is 9.59 Å². The molecule has 0 bridgehead atoms. The van der Waals surface area contributed by atoms with Crippen LogP contribution in [0, 0.1) is 5.92 Å². The highest BCUT2D eigenvalue weighted by Crippen LogP contribution is 2.36. The maximum Gasteiger partial charge on any atom is 0.350 e. The first kappa shape index (κ1) is 15.3. The van der Waals surface area contributed by atoms with Crippen molar-refractivity contribution in [3.05, 3.63) is 10.4 Å². The summed E-state index contributed by atoms with van der Waals surface area (Å²) in [4.78, 5) is 23.7. The molecule has 0 aliphatic rings. The van der Waals surface area contributed by atoms with Crippen LogP contribution in [0.4, 0.5) is 10.7 Å². The number of thiophene rings is 1. The molecule has 0 unspecified atom stereocenters. The summed E-state index contributed by atoms with van der Waals surface area (Å²) < 4.78 is 4.66. The number of esters is 1. The number of nitrogens with one attached hydrogen (secondary N) is 2. The minimum absolute atomic E-state index is 0.155. The van der Waals surface area contributed by atoms with Gasteiger partial charge in [0.15, 0.2) is 0 Å². The van der Waals surface area contributed by atoms with Gasteiger partial charge in [0.1, 0.15) is 9.88 Å². The predicted octanol–water partition coefficient (Wildman–Crippen LogP) is 1.54. The minimum atomic E-state index is -0.537. The largest absolute Gasteiger partial charge is 0.465 e. The van der Waals surface area contributed by atoms with Crippen molar-refractivity contribution in [1.29, 1.82) is 0 Å². The topological polar surface area (TPSA) is 93.5 Å². The molecular weight excluding hydrogens is 266 g/mol. The van der Waals surface area contributed by atoms with Crippen LogP contribution in [0.1, 0.15) is 33.9 Å². The molecule has 0 saturated heterocycles. The maximum absolute atomic E-state index is 11.8. The standard InChI is InChI=1S/C12H19N3O3S/c1-6(2)5-15-11-7(10(16)14-3)8(13)9(19-11)12(17)18-4/h6,15H,5,13H2,1-4H3,(H,14,16). The summed E-state index contributed by atoms with van der Waals surface area (Å²) in [5.74, 6) is -0.456. The van der Waals surface area contributed by atoms with Crippen LogP contribution in [0.2, 0.25) is 0 Å². The number of amides is 1. The van der Waals surface area contributed by atoms with Crippen LogP contribution in [0.25, 0.3) is 0 Å². The number of nitrogens with two attached hydrogens (primary N) is 1. The molecule has 0 fully saturated rings. The van der Waals surface area contributed by atoms with Gasteiger partial charge in [0.25, 0.3) is 5.91 Å². The molecule has 7 heteroatoms. The molecule has 1 rings (SSSR count). The zero-order chi connectivity index (χ0) is 14.6. The molecular formula is C12H19N3O3S. The van der Waals surface area contributed by atoms with Gasteiger partial charge < -0.3 is 21.1 Å². The smallest absolute Gasteiger partial charge is 0.350 e. The molecule has 0 radical (unpaired) electrons. The van der Waals surface area contributed by atoms with E-state index < -0.39 is 5.97 Å². The molecule has 1 heterocycles. The lowest BCUT2D eigenvalue weighted by molar-refractivity contribution is 0.0607. The summed E-state index contributed by atoms with van der Waals surface area (Å²) in [6.45, 7) is 4.78. The second-order valence-corrected chi connectivity index (χ2v) is 5.42. The minimum Gasteiger partial charge on any atom is -0.465 e. The summed E-state index contributed by atoms with van der Waals surface area (Å²) in [5, 5.41) is 6.24. The van der Waals surface area contributed by atoms with Gasteiger partial charge in [-0.2, -0.15) is 0 Å². The Hall–Kier alpha value is -1.76. The first-order valence-corrected chi connectivity index (χ1v) is 6.70. The van der Waals surface area contributed by atoms with E-state index in [1.54, 1.807) is 0 Å². The lowest BCUT2D eigenvalue weighted by Gasteiger charge is -2.09. The normalized spacial score (nSPS) is 10.4. The van der Waals surface area contributed by atoms with Gasteiger partial charge in [-0.3, -0.25) is 4.79 Å². The van der Waals surface area contributed by atoms with Crippen molar-refractivity contribution in [3.63, 3.8) is 0 Å². The van der Waals surface area contributed by atoms with Crippen LogP contribution < -0.4 is 16.4 Å². The lowest BCUT2D eigenvalue weighted by atomic mass is 10.2. The van der Waals surface area contributed by atoms with Crippen LogP contribution in [-0.2, 0) is 4.74 Å². The predicted molar refractivity (Wildman–Crippen MR) is 76.8 cm³/mol. The molecule has 6 nitrogen and oxygen atoms in total. The van der Waals surface area contributed by atoms with E-state index in [1.807, 2.05) is 13.8 Å². The third-order valence-corrected chi connectivity index (χ3v) is 3.58. The number of nitrogen functional groups attached to an aromatic ring is 1. The van der Waals surface area contributed by atoms with Crippen molar-refractivity contribution in [2.45, 2.75) is 13.8 Å². The summed E-state index contributed by atoms with van der Waals surface area (Å²) in [6.07, 6.45) is 0. The SMILES string of the molecule is CNC(=O)c1c(NCC(C)C)sc(C(=O)OC)c1N. The zero-order valence-electron chi connectivity index (χ0n) is 11.5. The number of methoxy groups -OCH3 is 1. The van der Waals surface area contributed by atoms with E-state index in [-0.39, 0.29) is 16.5 Å². The Morgan fingerprint density at radius 1 is 1.42 bits per heavy atom. The van der Waals surface area contributed by atoms with E-state index in [0.717, 1.165) is 11.3 Å². The Labute approximate surface area is 116 Å². The third-order valence-electron chi connectivity index (χ3n) is 2.44. The highest BCUT2D eigenvalue weighted by Gasteiger charge is 2.25. The molecule has 4 N–H and O–H groups in total. The quantitative estimate of drug-likeness (QED) is 0.714. The third kappa shape index (κ3) is 3.37. The average Bonchev–Trinajstić information content (AvgIpc) is 2.71. The van der Waals surface area contributed by atoms with Crippen molar-refractivity contribution in [2.24, 2.45) is 5.92 Å². The van der Waals surface area contributed by atoms with E-state index in [1.165, 1.54) is 14.2 Å². The number of ether oxygens (including phenoxy) is 1. The summed E-state index contributed by atoms with van der Waals surface area (Å²) in [6, 6.07) is 0. The Bertz CT molecular complexity index is 483. The Morgan fingerprint density at radius 3 is 2.53 bits per heavy atom. The number of anilines is 2.